The predicted molar refractivity (Wildman–Crippen MR) is 109 cm³/mol. The van der Waals surface area contributed by atoms with Crippen molar-refractivity contribution < 1.29 is 9.18 Å². The van der Waals surface area contributed by atoms with Crippen LogP contribution < -0.4 is 11.1 Å². The van der Waals surface area contributed by atoms with Crippen LogP contribution in [0.25, 0.3) is 0 Å². The Balaban J connectivity index is 1.48. The average Bonchev–Trinajstić information content (AvgIpc) is 3.05. The number of nitrogens with zero attached hydrogens (tertiary/aromatic N) is 3. The molecule has 146 valence electrons. The maximum Gasteiger partial charge on any atom is 0.229 e. The molecule has 0 saturated carbocycles. The number of benzene rings is 1. The zero-order valence-electron chi connectivity index (χ0n) is 15.6. The number of pyridine rings is 1. The van der Waals surface area contributed by atoms with Crippen molar-refractivity contribution in [3.8, 4) is 0 Å². The molecule has 0 bridgehead atoms. The summed E-state index contributed by atoms with van der Waals surface area (Å²) in [5.74, 6) is -0.543. The molecule has 0 unspecified atom stereocenters. The van der Waals surface area contributed by atoms with Gasteiger partial charge >= 0.3 is 0 Å². The summed E-state index contributed by atoms with van der Waals surface area (Å²) >= 11 is 1.37. The Kier molecular flexibility index (Phi) is 6.65. The number of aryl methyl sites for hydroxylation is 3. The van der Waals surface area contributed by atoms with Crippen LogP contribution in [0.4, 0.5) is 15.3 Å². The molecule has 0 spiro atoms. The molecule has 0 aliphatic heterocycles. The van der Waals surface area contributed by atoms with Crippen molar-refractivity contribution in [3.05, 3.63) is 64.0 Å². The third-order valence-corrected chi connectivity index (χ3v) is 5.02. The number of carbonyl (C=O) groups is 1. The van der Waals surface area contributed by atoms with Crippen LogP contribution in [0.2, 0.25) is 0 Å². The van der Waals surface area contributed by atoms with Gasteiger partial charge in [-0.3, -0.25) is 4.79 Å². The van der Waals surface area contributed by atoms with E-state index in [-0.39, 0.29) is 18.1 Å². The van der Waals surface area contributed by atoms with E-state index >= 15 is 0 Å². The Bertz CT molecular complexity index is 959. The van der Waals surface area contributed by atoms with Crippen molar-refractivity contribution in [2.24, 2.45) is 0 Å². The summed E-state index contributed by atoms with van der Waals surface area (Å²) in [7, 11) is 0. The molecule has 0 saturated heterocycles. The summed E-state index contributed by atoms with van der Waals surface area (Å²) in [6.45, 7) is 1.97. The van der Waals surface area contributed by atoms with Crippen LogP contribution in [0.5, 0.6) is 0 Å². The zero-order chi connectivity index (χ0) is 19.9. The molecule has 0 aliphatic carbocycles. The Hall–Kier alpha value is -2.87. The van der Waals surface area contributed by atoms with Gasteiger partial charge in [0, 0.05) is 12.0 Å². The van der Waals surface area contributed by atoms with Gasteiger partial charge < -0.3 is 11.1 Å². The molecule has 1 aromatic carbocycles. The highest BCUT2D eigenvalue weighted by Gasteiger charge is 2.09. The van der Waals surface area contributed by atoms with Crippen molar-refractivity contribution in [2.45, 2.75) is 39.0 Å². The number of anilines is 2. The molecular formula is C20H22FN5OS. The number of carbonyl (C=O) groups excluding carboxylic acids is 1. The van der Waals surface area contributed by atoms with Crippen LogP contribution in [-0.4, -0.2) is 21.1 Å². The van der Waals surface area contributed by atoms with Gasteiger partial charge in [-0.15, -0.1) is 10.2 Å². The Morgan fingerprint density at radius 2 is 2.00 bits per heavy atom. The van der Waals surface area contributed by atoms with Crippen LogP contribution in [0.15, 0.2) is 36.4 Å². The van der Waals surface area contributed by atoms with E-state index in [1.54, 1.807) is 12.1 Å². The lowest BCUT2D eigenvalue weighted by Gasteiger charge is -2.07. The van der Waals surface area contributed by atoms with Gasteiger partial charge in [0.25, 0.3) is 0 Å². The smallest absolute Gasteiger partial charge is 0.229 e. The molecule has 3 aromatic rings. The molecule has 8 heteroatoms. The van der Waals surface area contributed by atoms with Gasteiger partial charge in [0.2, 0.25) is 17.0 Å². The third kappa shape index (κ3) is 5.82. The fraction of sp³-hybridized carbons (Fsp3) is 0.300. The van der Waals surface area contributed by atoms with Crippen molar-refractivity contribution >= 4 is 28.2 Å². The lowest BCUT2D eigenvalue weighted by molar-refractivity contribution is -0.115. The molecule has 2 aromatic heterocycles. The fourth-order valence-corrected chi connectivity index (χ4v) is 3.52. The van der Waals surface area contributed by atoms with Crippen LogP contribution in [0.1, 0.15) is 34.5 Å². The summed E-state index contributed by atoms with van der Waals surface area (Å²) in [5, 5.41) is 11.7. The monoisotopic (exact) mass is 399 g/mol. The number of amides is 1. The van der Waals surface area contributed by atoms with E-state index in [2.05, 4.69) is 20.5 Å². The molecule has 0 fully saturated rings. The number of hydrogen-bond acceptors (Lipinski definition) is 6. The number of hydrogen-bond donors (Lipinski definition) is 2. The van der Waals surface area contributed by atoms with Crippen LogP contribution in [0.3, 0.4) is 0 Å². The largest absolute Gasteiger partial charge is 0.374 e. The van der Waals surface area contributed by atoms with Gasteiger partial charge in [0.05, 0.1) is 6.42 Å². The summed E-state index contributed by atoms with van der Waals surface area (Å²) in [4.78, 5) is 16.0. The normalized spacial score (nSPS) is 10.8. The molecular weight excluding hydrogens is 377 g/mol. The van der Waals surface area contributed by atoms with Crippen LogP contribution in [-0.2, 0) is 24.1 Å². The van der Waals surface area contributed by atoms with E-state index in [9.17, 15) is 9.18 Å². The summed E-state index contributed by atoms with van der Waals surface area (Å²) in [6.07, 6.45) is 3.24. The van der Waals surface area contributed by atoms with Crippen LogP contribution >= 0.6 is 11.3 Å². The second-order valence-electron chi connectivity index (χ2n) is 6.60. The Labute approximate surface area is 167 Å². The average molecular weight is 399 g/mol. The SMILES string of the molecule is Cc1cccc(CC(=O)Nc2ccc(CCCCc3nnc(N)s3)c(F)n2)c1. The summed E-state index contributed by atoms with van der Waals surface area (Å²) in [6, 6.07) is 11.0. The number of nitrogen functional groups attached to an aromatic ring is 1. The van der Waals surface area contributed by atoms with E-state index in [1.807, 2.05) is 31.2 Å². The lowest BCUT2D eigenvalue weighted by Crippen LogP contribution is -2.16. The first-order valence-corrected chi connectivity index (χ1v) is 9.90. The molecule has 3 rings (SSSR count). The molecule has 2 heterocycles. The van der Waals surface area contributed by atoms with E-state index in [0.717, 1.165) is 35.4 Å². The first-order valence-electron chi connectivity index (χ1n) is 9.08. The van der Waals surface area contributed by atoms with Crippen LogP contribution in [0, 0.1) is 12.9 Å². The minimum absolute atomic E-state index is 0.221. The first-order chi connectivity index (χ1) is 13.5. The lowest BCUT2D eigenvalue weighted by atomic mass is 10.1. The molecule has 0 atom stereocenters. The first kappa shape index (κ1) is 19.9. The highest BCUT2D eigenvalue weighted by molar-refractivity contribution is 7.15. The Morgan fingerprint density at radius 1 is 1.18 bits per heavy atom. The van der Waals surface area contributed by atoms with Gasteiger partial charge in [0.1, 0.15) is 10.8 Å². The second kappa shape index (κ2) is 9.36. The van der Waals surface area contributed by atoms with E-state index in [4.69, 9.17) is 5.73 Å². The van der Waals surface area contributed by atoms with Crippen molar-refractivity contribution in [2.75, 3.05) is 11.1 Å². The highest BCUT2D eigenvalue weighted by atomic mass is 32.1. The molecule has 0 aliphatic rings. The van der Waals surface area contributed by atoms with E-state index < -0.39 is 5.95 Å². The van der Waals surface area contributed by atoms with Gasteiger partial charge in [-0.1, -0.05) is 47.2 Å². The summed E-state index contributed by atoms with van der Waals surface area (Å²) in [5.41, 5.74) is 8.08. The number of rotatable bonds is 8. The molecule has 3 N–H and O–H groups in total. The number of aromatic nitrogens is 3. The molecule has 6 nitrogen and oxygen atoms in total. The molecule has 1 amide bonds. The third-order valence-electron chi connectivity index (χ3n) is 4.21. The topological polar surface area (TPSA) is 93.8 Å². The predicted octanol–water partition coefficient (Wildman–Crippen LogP) is 3.71. The minimum atomic E-state index is -0.548. The second-order valence-corrected chi connectivity index (χ2v) is 7.70. The summed E-state index contributed by atoms with van der Waals surface area (Å²) < 4.78 is 14.2. The number of unbranched alkanes of at least 4 members (excludes halogenated alkanes) is 1. The minimum Gasteiger partial charge on any atom is -0.374 e. The van der Waals surface area contributed by atoms with Crippen molar-refractivity contribution in [1.82, 2.24) is 15.2 Å². The van der Waals surface area contributed by atoms with Gasteiger partial charge in [-0.05, 0) is 37.8 Å². The number of nitrogens with two attached hydrogens (primary N) is 1. The number of nitrogens with one attached hydrogen (secondary N) is 1. The maximum absolute atomic E-state index is 14.2. The van der Waals surface area contributed by atoms with Crippen molar-refractivity contribution in [1.29, 1.82) is 0 Å². The van der Waals surface area contributed by atoms with Crippen molar-refractivity contribution in [3.63, 3.8) is 0 Å². The fourth-order valence-electron chi connectivity index (χ4n) is 2.87. The van der Waals surface area contributed by atoms with E-state index in [1.165, 1.54) is 11.3 Å². The zero-order valence-corrected chi connectivity index (χ0v) is 16.4. The quantitative estimate of drug-likeness (QED) is 0.445. The maximum atomic E-state index is 14.2. The van der Waals surface area contributed by atoms with Gasteiger partial charge in [0.15, 0.2) is 0 Å². The molecule has 28 heavy (non-hydrogen) atoms. The highest BCUT2D eigenvalue weighted by Crippen LogP contribution is 2.17. The molecule has 0 radical (unpaired) electrons. The van der Waals surface area contributed by atoms with E-state index in [0.29, 0.717) is 17.1 Å². The Morgan fingerprint density at radius 3 is 2.71 bits per heavy atom. The number of halogens is 1. The van der Waals surface area contributed by atoms with Gasteiger partial charge in [-0.25, -0.2) is 4.98 Å². The van der Waals surface area contributed by atoms with Gasteiger partial charge in [-0.2, -0.15) is 4.39 Å². The standard InChI is InChI=1S/C20H22FN5OS/c1-13-5-4-6-14(11-13)12-17(27)23-16-10-9-15(19(21)24-16)7-2-3-8-18-25-26-20(22)28-18/h4-6,9-11H,2-3,7-8,12H2,1H3,(H2,22,26)(H,23,24,27).